The Morgan fingerprint density at radius 2 is 0.682 bits per heavy atom. The van der Waals surface area contributed by atoms with Crippen molar-refractivity contribution in [1.82, 2.24) is 59.8 Å². The molecular formula is C60H76Br4N16O5. The highest BCUT2D eigenvalue weighted by molar-refractivity contribution is 9.11. The van der Waals surface area contributed by atoms with Crippen molar-refractivity contribution in [3.8, 4) is 46.0 Å². The minimum atomic E-state index is 0.0144. The maximum atomic E-state index is 8.97. The van der Waals surface area contributed by atoms with Gasteiger partial charge in [0.25, 0.3) is 0 Å². The van der Waals surface area contributed by atoms with Gasteiger partial charge in [0.2, 0.25) is 0 Å². The SMILES string of the molecule is CCNc1nc(C)ncc1Oc1cc(Br)ncc1C(C)C.CNc1nc(C)ncc1Oc1cc(Br)ncc1C(C)C.Cc1ncc(Oc2cc(Br)ncc2C(C)C)c(NC(C)C)n1.Cc1ncc(Oc2cc(Br)ncc2C(C)C)c(NCCO)n1. The monoisotopic (exact) mass is 1420 g/mol. The van der Waals surface area contributed by atoms with Crippen LogP contribution in [0.3, 0.4) is 0 Å². The zero-order chi connectivity index (χ0) is 62.5. The first-order valence-corrected chi connectivity index (χ1v) is 30.8. The van der Waals surface area contributed by atoms with E-state index in [-0.39, 0.29) is 18.6 Å². The van der Waals surface area contributed by atoms with Crippen molar-refractivity contribution in [2.24, 2.45) is 0 Å². The topological polar surface area (TPSA) is 260 Å². The summed E-state index contributed by atoms with van der Waals surface area (Å²) in [5.74, 6) is 11.9. The largest absolute Gasteiger partial charge is 0.451 e. The summed E-state index contributed by atoms with van der Waals surface area (Å²) < 4.78 is 27.0. The van der Waals surface area contributed by atoms with E-state index < -0.39 is 0 Å². The highest BCUT2D eigenvalue weighted by atomic mass is 79.9. The fourth-order valence-electron chi connectivity index (χ4n) is 7.54. The maximum Gasteiger partial charge on any atom is 0.187 e. The predicted molar refractivity (Wildman–Crippen MR) is 350 cm³/mol. The van der Waals surface area contributed by atoms with Crippen LogP contribution in [0.1, 0.15) is 145 Å². The molecule has 85 heavy (non-hydrogen) atoms. The predicted octanol–water partition coefficient (Wildman–Crippen LogP) is 16.1. The third-order valence-electron chi connectivity index (χ3n) is 11.7. The van der Waals surface area contributed by atoms with Gasteiger partial charge in [0, 0.05) is 97.5 Å². The number of anilines is 4. The molecule has 0 aromatic carbocycles. The van der Waals surface area contributed by atoms with Crippen LogP contribution in [0.25, 0.3) is 0 Å². The molecular weight excluding hydrogens is 1340 g/mol. The van der Waals surface area contributed by atoms with Gasteiger partial charge in [0.15, 0.2) is 46.3 Å². The van der Waals surface area contributed by atoms with Gasteiger partial charge in [0.1, 0.15) is 64.7 Å². The second kappa shape index (κ2) is 33.8. The summed E-state index contributed by atoms with van der Waals surface area (Å²) in [6.45, 7) is 31.4. The molecule has 0 fully saturated rings. The van der Waals surface area contributed by atoms with Gasteiger partial charge in [0.05, 0.1) is 31.4 Å². The van der Waals surface area contributed by atoms with E-state index in [0.29, 0.717) is 104 Å². The Balaban J connectivity index is 0.000000207. The molecule has 8 heterocycles. The third-order valence-corrected chi connectivity index (χ3v) is 13.5. The van der Waals surface area contributed by atoms with E-state index in [2.05, 4.69) is 214 Å². The number of aliphatic hydroxyl groups is 1. The van der Waals surface area contributed by atoms with E-state index in [4.69, 9.17) is 24.1 Å². The summed E-state index contributed by atoms with van der Waals surface area (Å²) in [5, 5.41) is 21.5. The lowest BCUT2D eigenvalue weighted by atomic mass is 10.1. The summed E-state index contributed by atoms with van der Waals surface area (Å²) >= 11 is 13.5. The molecule has 0 saturated heterocycles. The first kappa shape index (κ1) is 69.0. The number of aliphatic hydroxyl groups excluding tert-OH is 1. The molecule has 0 aliphatic carbocycles. The number of ether oxygens (including phenoxy) is 4. The van der Waals surface area contributed by atoms with Crippen LogP contribution in [0.15, 0.2) is 92.3 Å². The number of nitrogens with zero attached hydrogens (tertiary/aromatic N) is 12. The van der Waals surface area contributed by atoms with Crippen molar-refractivity contribution >= 4 is 87.0 Å². The molecule has 0 unspecified atom stereocenters. The van der Waals surface area contributed by atoms with Crippen LogP contribution in [-0.2, 0) is 0 Å². The molecule has 0 bridgehead atoms. The lowest BCUT2D eigenvalue weighted by Gasteiger charge is -2.17. The summed E-state index contributed by atoms with van der Waals surface area (Å²) in [7, 11) is 1.81. The molecule has 21 nitrogen and oxygen atoms in total. The molecule has 25 heteroatoms. The average Bonchev–Trinajstić information content (AvgIpc) is 3.65. The van der Waals surface area contributed by atoms with E-state index in [9.17, 15) is 0 Å². The van der Waals surface area contributed by atoms with Crippen molar-refractivity contribution in [2.75, 3.05) is 48.0 Å². The first-order valence-electron chi connectivity index (χ1n) is 27.6. The molecule has 8 rings (SSSR count). The van der Waals surface area contributed by atoms with Crippen molar-refractivity contribution in [1.29, 1.82) is 0 Å². The highest BCUT2D eigenvalue weighted by Gasteiger charge is 2.19. The highest BCUT2D eigenvalue weighted by Crippen LogP contribution is 2.38. The summed E-state index contributed by atoms with van der Waals surface area (Å²) in [4.78, 5) is 51.3. The van der Waals surface area contributed by atoms with Gasteiger partial charge < -0.3 is 45.3 Å². The Hall–Kier alpha value is -6.80. The van der Waals surface area contributed by atoms with E-state index in [1.807, 2.05) is 70.6 Å². The number of nitrogens with one attached hydrogen (secondary N) is 4. The molecule has 8 aromatic heterocycles. The van der Waals surface area contributed by atoms with Crippen LogP contribution in [0, 0.1) is 27.7 Å². The summed E-state index contributed by atoms with van der Waals surface area (Å²) in [6.07, 6.45) is 14.0. The Morgan fingerprint density at radius 1 is 0.400 bits per heavy atom. The lowest BCUT2D eigenvalue weighted by Crippen LogP contribution is -2.13. The van der Waals surface area contributed by atoms with Gasteiger partial charge in [-0.25, -0.2) is 59.8 Å². The number of hydrogen-bond donors (Lipinski definition) is 5. The molecule has 0 saturated carbocycles. The fraction of sp³-hybridized carbons (Fsp3) is 0.400. The third kappa shape index (κ3) is 21.6. The van der Waals surface area contributed by atoms with Crippen LogP contribution >= 0.6 is 63.7 Å². The van der Waals surface area contributed by atoms with E-state index in [1.165, 1.54) is 0 Å². The Morgan fingerprint density at radius 3 is 0.965 bits per heavy atom. The standard InChI is InChI=1S/C16H21BrN4O.C15H19BrN4O2.C15H19BrN4O.C14H17BrN4O/c1-9(2)12-7-19-15(17)6-13(12)22-14-8-18-11(5)21-16(14)20-10(3)4;1-9(2)11-7-19-14(16)6-12(11)22-13-8-18-10(3)20-15(13)17-4-5-21;1-5-17-15-13(8-18-10(4)20-15)21-12-6-14(16)19-7-11(12)9(2)3;1-8(2)10-6-18-13(15)5-11(10)20-12-7-17-9(3)19-14(12)16-4/h6-10H,1-5H3,(H,18,20,21);6-9,21H,4-5H2,1-3H3,(H,17,18,20);6-9H,5H2,1-4H3,(H,17,18,20);5-8H,1-4H3,(H,16,17,19). The summed E-state index contributed by atoms with van der Waals surface area (Å²) in [5.41, 5.74) is 4.12. The molecule has 0 amide bonds. The number of rotatable bonds is 20. The molecule has 0 radical (unpaired) electrons. The van der Waals surface area contributed by atoms with E-state index in [1.54, 1.807) is 45.0 Å². The van der Waals surface area contributed by atoms with Gasteiger partial charge in [-0.1, -0.05) is 55.4 Å². The minimum absolute atomic E-state index is 0.0144. The average molecular weight is 1420 g/mol. The number of hydrogen-bond acceptors (Lipinski definition) is 21. The first-order chi connectivity index (χ1) is 40.4. The molecule has 0 aliphatic rings. The summed E-state index contributed by atoms with van der Waals surface area (Å²) in [6, 6.07) is 7.67. The molecule has 0 aliphatic heterocycles. The number of aromatic nitrogens is 12. The van der Waals surface area contributed by atoms with Crippen molar-refractivity contribution < 1.29 is 24.1 Å². The maximum absolute atomic E-state index is 8.97. The van der Waals surface area contributed by atoms with E-state index >= 15 is 0 Å². The Labute approximate surface area is 532 Å². The zero-order valence-electron chi connectivity index (χ0n) is 50.9. The second-order valence-corrected chi connectivity index (χ2v) is 23.7. The zero-order valence-corrected chi connectivity index (χ0v) is 57.2. The normalized spacial score (nSPS) is 10.8. The van der Waals surface area contributed by atoms with Crippen LogP contribution in [0.5, 0.6) is 46.0 Å². The number of halogens is 4. The quantitative estimate of drug-likeness (QED) is 0.0444. The van der Waals surface area contributed by atoms with E-state index in [0.717, 1.165) is 59.9 Å². The Kier molecular flexibility index (Phi) is 27.4. The number of aryl methyl sites for hydroxylation is 4. The van der Waals surface area contributed by atoms with Crippen molar-refractivity contribution in [3.05, 3.63) is 138 Å². The smallest absolute Gasteiger partial charge is 0.187 e. The molecule has 0 spiro atoms. The van der Waals surface area contributed by atoms with Crippen LogP contribution < -0.4 is 40.2 Å². The molecule has 0 atom stereocenters. The van der Waals surface area contributed by atoms with Crippen molar-refractivity contribution in [3.63, 3.8) is 0 Å². The van der Waals surface area contributed by atoms with Gasteiger partial charge in [-0.15, -0.1) is 0 Å². The Bertz CT molecular complexity index is 3450. The van der Waals surface area contributed by atoms with Crippen LogP contribution in [0.2, 0.25) is 0 Å². The molecule has 454 valence electrons. The molecule has 8 aromatic rings. The fourth-order valence-corrected chi connectivity index (χ4v) is 8.78. The van der Waals surface area contributed by atoms with Gasteiger partial charge in [-0.2, -0.15) is 0 Å². The molecule has 5 N–H and O–H groups in total. The van der Waals surface area contributed by atoms with Gasteiger partial charge >= 0.3 is 0 Å². The number of pyridine rings is 4. The minimum Gasteiger partial charge on any atom is -0.451 e. The van der Waals surface area contributed by atoms with Gasteiger partial charge in [-0.05, 0) is 136 Å². The second-order valence-electron chi connectivity index (χ2n) is 20.5. The van der Waals surface area contributed by atoms with Crippen LogP contribution in [0.4, 0.5) is 23.3 Å². The lowest BCUT2D eigenvalue weighted by molar-refractivity contribution is 0.310. The van der Waals surface area contributed by atoms with Crippen molar-refractivity contribution in [2.45, 2.75) is 134 Å². The van der Waals surface area contributed by atoms with Gasteiger partial charge in [-0.3, -0.25) is 0 Å². The van der Waals surface area contributed by atoms with Crippen LogP contribution in [-0.4, -0.2) is 97.7 Å².